The van der Waals surface area contributed by atoms with Gasteiger partial charge in [0.1, 0.15) is 17.5 Å². The molecule has 1 N–H and O–H groups in total. The number of nitrogens with one attached hydrogen (secondary N) is 1. The van der Waals surface area contributed by atoms with Crippen molar-refractivity contribution < 1.29 is 19.1 Å². The summed E-state index contributed by atoms with van der Waals surface area (Å²) in [5.41, 5.74) is 1.57. The molecule has 13 heteroatoms. The lowest BCUT2D eigenvalue weighted by Gasteiger charge is -2.31. The number of methoxy groups -OCH3 is 1. The summed E-state index contributed by atoms with van der Waals surface area (Å²) < 4.78 is 7.82. The average Bonchev–Trinajstić information content (AvgIpc) is 3.41. The third-order valence-electron chi connectivity index (χ3n) is 7.11. The van der Waals surface area contributed by atoms with E-state index in [2.05, 4.69) is 21.2 Å². The molecule has 3 atom stereocenters. The van der Waals surface area contributed by atoms with Gasteiger partial charge in [-0.1, -0.05) is 80.4 Å². The molecule has 0 bridgehead atoms. The van der Waals surface area contributed by atoms with Crippen LogP contribution >= 0.6 is 62.2 Å². The molecule has 6 rings (SSSR count). The van der Waals surface area contributed by atoms with Gasteiger partial charge in [-0.3, -0.25) is 23.7 Å². The molecule has 2 aliphatic heterocycles. The van der Waals surface area contributed by atoms with E-state index in [1.807, 2.05) is 18.2 Å². The number of carbonyl (C=O) groups is 3. The number of anilines is 2. The van der Waals surface area contributed by atoms with Crippen LogP contribution in [0.2, 0.25) is 10.0 Å². The summed E-state index contributed by atoms with van der Waals surface area (Å²) >= 11 is 17.6. The highest BCUT2D eigenvalue weighted by Crippen LogP contribution is 2.55. The van der Waals surface area contributed by atoms with Gasteiger partial charge in [0.2, 0.25) is 17.7 Å². The number of fused-ring (bicyclic) bond motifs is 2. The number of para-hydroxylation sites is 1. The Labute approximate surface area is 266 Å². The second-order valence-electron chi connectivity index (χ2n) is 9.57. The number of carbonyl (C=O) groups excluding carboxylic acids is 3. The van der Waals surface area contributed by atoms with Crippen LogP contribution in [-0.2, 0) is 20.9 Å². The molecular formula is C29H20BrCl2N3O5S2. The summed E-state index contributed by atoms with van der Waals surface area (Å²) in [6, 6.07) is 18.9. The molecule has 3 amide bonds. The molecule has 1 fully saturated rings. The lowest BCUT2D eigenvalue weighted by Crippen LogP contribution is -2.33. The van der Waals surface area contributed by atoms with Crippen molar-refractivity contribution in [1.82, 2.24) is 4.57 Å². The highest BCUT2D eigenvalue weighted by molar-refractivity contribution is 9.10. The van der Waals surface area contributed by atoms with Crippen LogP contribution < -0.4 is 19.8 Å². The van der Waals surface area contributed by atoms with Crippen molar-refractivity contribution in [3.05, 3.63) is 101 Å². The maximum absolute atomic E-state index is 14.0. The minimum Gasteiger partial charge on any atom is -0.496 e. The zero-order valence-electron chi connectivity index (χ0n) is 21.7. The van der Waals surface area contributed by atoms with Gasteiger partial charge >= 0.3 is 4.87 Å². The molecule has 3 aromatic carbocycles. The fraction of sp³-hybridized carbons (Fsp3) is 0.172. The standard InChI is InChI=1S/C29H20BrCl2N3O5S2/c1-40-20-5-3-2-4-17(20)22-23-24(27(38)35(26(23)37)16-9-6-14(30)7-10-16)41-28-25(22)42-29(39)34(28)13-21(36)33-15-8-11-18(31)19(32)12-15/h2-12,22-24H,13H2,1H3,(H,33,36)/t22-,23-,24+/m0/s1. The Bertz CT molecular complexity index is 1810. The van der Waals surface area contributed by atoms with Crippen LogP contribution in [0.3, 0.4) is 0 Å². The molecular weight excluding hydrogens is 685 g/mol. The van der Waals surface area contributed by atoms with E-state index in [9.17, 15) is 19.2 Å². The molecule has 214 valence electrons. The molecule has 4 aromatic rings. The van der Waals surface area contributed by atoms with E-state index in [4.69, 9.17) is 27.9 Å². The molecule has 0 saturated carbocycles. The third kappa shape index (κ3) is 5.07. The minimum absolute atomic E-state index is 0.278. The number of amides is 3. The highest BCUT2D eigenvalue weighted by atomic mass is 79.9. The molecule has 8 nitrogen and oxygen atoms in total. The number of hydrogen-bond donors (Lipinski definition) is 1. The lowest BCUT2D eigenvalue weighted by atomic mass is 9.82. The second-order valence-corrected chi connectivity index (χ2v) is 13.4. The summed E-state index contributed by atoms with van der Waals surface area (Å²) in [6.45, 7) is -0.299. The number of nitrogens with zero attached hydrogens (tertiary/aromatic N) is 2. The molecule has 3 heterocycles. The van der Waals surface area contributed by atoms with Gasteiger partial charge in [0.25, 0.3) is 0 Å². The number of halogens is 3. The number of benzene rings is 3. The second kappa shape index (κ2) is 11.5. The predicted octanol–water partition coefficient (Wildman–Crippen LogP) is 6.42. The number of aromatic nitrogens is 1. The van der Waals surface area contributed by atoms with Gasteiger partial charge < -0.3 is 10.1 Å². The summed E-state index contributed by atoms with van der Waals surface area (Å²) in [7, 11) is 1.53. The average molecular weight is 705 g/mol. The maximum Gasteiger partial charge on any atom is 0.308 e. The van der Waals surface area contributed by atoms with Gasteiger partial charge in [-0.05, 0) is 48.5 Å². The topological polar surface area (TPSA) is 97.7 Å². The van der Waals surface area contributed by atoms with Crippen molar-refractivity contribution in [2.24, 2.45) is 5.92 Å². The largest absolute Gasteiger partial charge is 0.496 e. The van der Waals surface area contributed by atoms with Crippen LogP contribution in [0.5, 0.6) is 5.75 Å². The Morgan fingerprint density at radius 3 is 2.45 bits per heavy atom. The van der Waals surface area contributed by atoms with Crippen molar-refractivity contribution >= 4 is 91.3 Å². The summed E-state index contributed by atoms with van der Waals surface area (Å²) in [5, 5.41) is 3.02. The van der Waals surface area contributed by atoms with Gasteiger partial charge in [0.15, 0.2) is 0 Å². The first-order chi connectivity index (χ1) is 20.2. The zero-order chi connectivity index (χ0) is 29.7. The zero-order valence-corrected chi connectivity index (χ0v) is 26.4. The lowest BCUT2D eigenvalue weighted by molar-refractivity contribution is -0.122. The first-order valence-electron chi connectivity index (χ1n) is 12.6. The Morgan fingerprint density at radius 2 is 1.74 bits per heavy atom. The Morgan fingerprint density at radius 1 is 1.00 bits per heavy atom. The quantitative estimate of drug-likeness (QED) is 0.233. The van der Waals surface area contributed by atoms with E-state index >= 15 is 0 Å². The van der Waals surface area contributed by atoms with E-state index in [1.165, 1.54) is 22.6 Å². The summed E-state index contributed by atoms with van der Waals surface area (Å²) in [4.78, 5) is 55.8. The van der Waals surface area contributed by atoms with E-state index in [-0.39, 0.29) is 28.3 Å². The third-order valence-corrected chi connectivity index (χ3v) is 11.0. The molecule has 2 aliphatic rings. The smallest absolute Gasteiger partial charge is 0.308 e. The van der Waals surface area contributed by atoms with Crippen LogP contribution in [0.15, 0.2) is 81.0 Å². The van der Waals surface area contributed by atoms with Crippen molar-refractivity contribution in [3.8, 4) is 5.75 Å². The van der Waals surface area contributed by atoms with Gasteiger partial charge in [-0.25, -0.2) is 4.90 Å². The van der Waals surface area contributed by atoms with E-state index in [1.54, 1.807) is 42.5 Å². The number of rotatable bonds is 6. The molecule has 0 unspecified atom stereocenters. The fourth-order valence-electron chi connectivity index (χ4n) is 5.28. The highest BCUT2D eigenvalue weighted by Gasteiger charge is 2.57. The van der Waals surface area contributed by atoms with E-state index in [0.717, 1.165) is 27.6 Å². The Kier molecular flexibility index (Phi) is 7.97. The van der Waals surface area contributed by atoms with Crippen LogP contribution in [-0.4, -0.2) is 34.6 Å². The van der Waals surface area contributed by atoms with Gasteiger partial charge in [0, 0.05) is 26.5 Å². The van der Waals surface area contributed by atoms with Gasteiger partial charge in [0.05, 0.1) is 33.8 Å². The van der Waals surface area contributed by atoms with Crippen LogP contribution in [0.4, 0.5) is 11.4 Å². The molecule has 0 radical (unpaired) electrons. The molecule has 0 aliphatic carbocycles. The molecule has 1 aromatic heterocycles. The van der Waals surface area contributed by atoms with Crippen molar-refractivity contribution in [3.63, 3.8) is 0 Å². The molecule has 0 spiro atoms. The van der Waals surface area contributed by atoms with Crippen LogP contribution in [0.25, 0.3) is 0 Å². The fourth-order valence-corrected chi connectivity index (χ4v) is 8.60. The normalized spacial score (nSPS) is 19.4. The van der Waals surface area contributed by atoms with Crippen molar-refractivity contribution in [1.29, 1.82) is 0 Å². The number of ether oxygens (including phenoxy) is 1. The van der Waals surface area contributed by atoms with E-state index in [0.29, 0.717) is 37.6 Å². The molecule has 42 heavy (non-hydrogen) atoms. The number of thiazole rings is 1. The predicted molar refractivity (Wildman–Crippen MR) is 168 cm³/mol. The van der Waals surface area contributed by atoms with Gasteiger partial charge in [-0.2, -0.15) is 0 Å². The SMILES string of the molecule is COc1ccccc1[C@@H]1c2sc(=O)n(CC(=O)Nc3ccc(Cl)c(Cl)c3)c2S[C@H]2C(=O)N(c3ccc(Br)cc3)C(=O)[C@@H]12. The van der Waals surface area contributed by atoms with Crippen molar-refractivity contribution in [2.45, 2.75) is 22.7 Å². The number of imide groups is 1. The monoisotopic (exact) mass is 703 g/mol. The first-order valence-corrected chi connectivity index (χ1v) is 15.8. The number of thioether (sulfide) groups is 1. The van der Waals surface area contributed by atoms with Crippen LogP contribution in [0, 0.1) is 5.92 Å². The summed E-state index contributed by atoms with van der Waals surface area (Å²) in [6.07, 6.45) is 0. The summed E-state index contributed by atoms with van der Waals surface area (Å²) in [5.74, 6) is -2.09. The van der Waals surface area contributed by atoms with E-state index < -0.39 is 23.0 Å². The maximum atomic E-state index is 14.0. The molecule has 1 saturated heterocycles. The minimum atomic E-state index is -0.818. The van der Waals surface area contributed by atoms with Crippen molar-refractivity contribution in [2.75, 3.05) is 17.3 Å². The number of hydrogen-bond acceptors (Lipinski definition) is 7. The van der Waals surface area contributed by atoms with Gasteiger partial charge in [-0.15, -0.1) is 0 Å². The van der Waals surface area contributed by atoms with Crippen LogP contribution in [0.1, 0.15) is 16.4 Å². The first kappa shape index (κ1) is 29.0. The Balaban J connectivity index is 1.42. The Hall–Kier alpha value is -3.09.